The molecule has 3 aromatic carbocycles. The predicted octanol–water partition coefficient (Wildman–Crippen LogP) is 6.24. The fourth-order valence-electron chi connectivity index (χ4n) is 4.81. The fraction of sp³-hybridized carbons (Fsp3) is 0.333. The summed E-state index contributed by atoms with van der Waals surface area (Å²) in [5.41, 5.74) is 2.62. The average molecular weight is 540 g/mol. The first-order valence-electron chi connectivity index (χ1n) is 12.6. The molecule has 0 heterocycles. The number of carbonyl (C=O) groups excluding carboxylic acids is 2. The Bertz CT molecular complexity index is 1210. The first-order valence-corrected chi connectivity index (χ1v) is 13.4. The van der Waals surface area contributed by atoms with Crippen molar-refractivity contribution in [1.29, 1.82) is 0 Å². The number of methoxy groups -OCH3 is 1. The van der Waals surface area contributed by atoms with Gasteiger partial charge in [-0.15, -0.1) is 0 Å². The number of nitrogens with zero attached hydrogens (tertiary/aromatic N) is 1. The summed E-state index contributed by atoms with van der Waals surface area (Å²) in [6.07, 6.45) is 4.67. The van der Waals surface area contributed by atoms with Gasteiger partial charge < -0.3 is 15.0 Å². The van der Waals surface area contributed by atoms with E-state index in [0.29, 0.717) is 22.2 Å². The van der Waals surface area contributed by atoms with Crippen molar-refractivity contribution < 1.29 is 14.3 Å². The molecule has 0 saturated heterocycles. The molecule has 1 saturated carbocycles. The third kappa shape index (κ3) is 7.50. The third-order valence-electron chi connectivity index (χ3n) is 6.80. The maximum atomic E-state index is 13.9. The van der Waals surface area contributed by atoms with Crippen molar-refractivity contribution in [2.45, 2.75) is 57.2 Å². The van der Waals surface area contributed by atoms with Crippen LogP contribution in [0.15, 0.2) is 72.8 Å². The summed E-state index contributed by atoms with van der Waals surface area (Å²) in [6, 6.07) is 22.1. The van der Waals surface area contributed by atoms with Crippen LogP contribution in [0.1, 0.15) is 42.4 Å². The van der Waals surface area contributed by atoms with Crippen LogP contribution in [-0.4, -0.2) is 35.9 Å². The van der Waals surface area contributed by atoms with Gasteiger partial charge in [0.2, 0.25) is 11.8 Å². The standard InChI is InChI=1S/C30H32Cl2N2O3/c1-37-25-13-7-10-23(16-25)20-34(29(35)19-22-14-15-26(31)27(32)17-22)28(18-21-8-3-2-4-9-21)30(36)33-24-11-5-6-12-24/h2-4,7-10,13-17,24,28H,5-6,11-12,18-20H2,1H3,(H,33,36)/t28-/m1/s1. The summed E-state index contributed by atoms with van der Waals surface area (Å²) >= 11 is 12.3. The van der Waals surface area contributed by atoms with Crippen molar-refractivity contribution in [3.63, 3.8) is 0 Å². The Morgan fingerprint density at radius 2 is 1.65 bits per heavy atom. The van der Waals surface area contributed by atoms with Gasteiger partial charge in [-0.1, -0.05) is 84.6 Å². The Balaban J connectivity index is 1.67. The summed E-state index contributed by atoms with van der Waals surface area (Å²) in [5, 5.41) is 4.06. The van der Waals surface area contributed by atoms with E-state index in [1.54, 1.807) is 30.2 Å². The Kier molecular flexibility index (Phi) is 9.48. The molecule has 5 nitrogen and oxygen atoms in total. The van der Waals surface area contributed by atoms with E-state index in [2.05, 4.69) is 5.32 Å². The van der Waals surface area contributed by atoms with Crippen molar-refractivity contribution in [1.82, 2.24) is 10.2 Å². The van der Waals surface area contributed by atoms with E-state index >= 15 is 0 Å². The molecule has 1 atom stereocenters. The van der Waals surface area contributed by atoms with Gasteiger partial charge in [-0.05, 0) is 53.8 Å². The number of nitrogens with one attached hydrogen (secondary N) is 1. The number of hydrogen-bond donors (Lipinski definition) is 1. The minimum absolute atomic E-state index is 0.100. The number of halogens is 2. The molecule has 4 rings (SSSR count). The summed E-state index contributed by atoms with van der Waals surface area (Å²) in [7, 11) is 1.61. The molecule has 2 amide bonds. The molecule has 37 heavy (non-hydrogen) atoms. The minimum Gasteiger partial charge on any atom is -0.497 e. The van der Waals surface area contributed by atoms with Gasteiger partial charge in [-0.3, -0.25) is 9.59 Å². The molecule has 0 aromatic heterocycles. The monoisotopic (exact) mass is 538 g/mol. The van der Waals surface area contributed by atoms with Crippen LogP contribution < -0.4 is 10.1 Å². The van der Waals surface area contributed by atoms with E-state index in [-0.39, 0.29) is 30.8 Å². The Morgan fingerprint density at radius 3 is 2.35 bits per heavy atom. The molecule has 7 heteroatoms. The van der Waals surface area contributed by atoms with Crippen LogP contribution in [-0.2, 0) is 29.0 Å². The summed E-state index contributed by atoms with van der Waals surface area (Å²) in [6.45, 7) is 0.271. The minimum atomic E-state index is -0.676. The normalized spacial score (nSPS) is 14.2. The first-order chi connectivity index (χ1) is 17.9. The highest BCUT2D eigenvalue weighted by atomic mass is 35.5. The number of hydrogen-bond acceptors (Lipinski definition) is 3. The topological polar surface area (TPSA) is 58.6 Å². The van der Waals surface area contributed by atoms with Gasteiger partial charge >= 0.3 is 0 Å². The Hall–Kier alpha value is -3.02. The lowest BCUT2D eigenvalue weighted by molar-refractivity contribution is -0.141. The highest BCUT2D eigenvalue weighted by Gasteiger charge is 2.32. The van der Waals surface area contributed by atoms with Gasteiger partial charge in [0.1, 0.15) is 11.8 Å². The predicted molar refractivity (Wildman–Crippen MR) is 148 cm³/mol. The van der Waals surface area contributed by atoms with Gasteiger partial charge in [-0.2, -0.15) is 0 Å². The Morgan fingerprint density at radius 1 is 0.919 bits per heavy atom. The zero-order valence-electron chi connectivity index (χ0n) is 21.0. The lowest BCUT2D eigenvalue weighted by atomic mass is 10.0. The first kappa shape index (κ1) is 27.0. The smallest absolute Gasteiger partial charge is 0.243 e. The van der Waals surface area contributed by atoms with Gasteiger partial charge in [0, 0.05) is 19.0 Å². The van der Waals surface area contributed by atoms with Crippen LogP contribution in [0.5, 0.6) is 5.75 Å². The van der Waals surface area contributed by atoms with Gasteiger partial charge in [0.25, 0.3) is 0 Å². The molecule has 1 fully saturated rings. The average Bonchev–Trinajstić information content (AvgIpc) is 3.42. The molecule has 3 aromatic rings. The largest absolute Gasteiger partial charge is 0.497 e. The van der Waals surface area contributed by atoms with E-state index < -0.39 is 6.04 Å². The molecule has 1 N–H and O–H groups in total. The molecule has 0 bridgehead atoms. The molecule has 0 aliphatic heterocycles. The maximum absolute atomic E-state index is 13.9. The summed E-state index contributed by atoms with van der Waals surface area (Å²) in [5.74, 6) is 0.411. The molecule has 1 aliphatic rings. The zero-order chi connectivity index (χ0) is 26.2. The molecule has 1 aliphatic carbocycles. The third-order valence-corrected chi connectivity index (χ3v) is 7.54. The van der Waals surface area contributed by atoms with Crippen LogP contribution in [0, 0.1) is 0 Å². The second-order valence-electron chi connectivity index (χ2n) is 9.49. The zero-order valence-corrected chi connectivity index (χ0v) is 22.5. The number of rotatable bonds is 10. The van der Waals surface area contributed by atoms with Crippen LogP contribution >= 0.6 is 23.2 Å². The second kappa shape index (κ2) is 13.0. The molecule has 0 radical (unpaired) electrons. The quantitative estimate of drug-likeness (QED) is 0.332. The van der Waals surface area contributed by atoms with E-state index in [0.717, 1.165) is 42.4 Å². The molecule has 0 unspecified atom stereocenters. The Labute approximate surface area is 228 Å². The number of benzene rings is 3. The van der Waals surface area contributed by atoms with Crippen molar-refractivity contribution in [3.05, 3.63) is 99.5 Å². The van der Waals surface area contributed by atoms with E-state index in [1.807, 2.05) is 54.6 Å². The lowest BCUT2D eigenvalue weighted by Crippen LogP contribution is -2.52. The van der Waals surface area contributed by atoms with Crippen molar-refractivity contribution in [2.75, 3.05) is 7.11 Å². The summed E-state index contributed by atoms with van der Waals surface area (Å²) < 4.78 is 5.40. The van der Waals surface area contributed by atoms with Crippen molar-refractivity contribution >= 4 is 35.0 Å². The SMILES string of the molecule is COc1cccc(CN(C(=O)Cc2ccc(Cl)c(Cl)c2)[C@H](Cc2ccccc2)C(=O)NC2CCCC2)c1. The number of amides is 2. The van der Waals surface area contributed by atoms with E-state index in [4.69, 9.17) is 27.9 Å². The van der Waals surface area contributed by atoms with E-state index in [9.17, 15) is 9.59 Å². The fourth-order valence-corrected chi connectivity index (χ4v) is 5.14. The van der Waals surface area contributed by atoms with Crippen LogP contribution in [0.4, 0.5) is 0 Å². The molecular weight excluding hydrogens is 507 g/mol. The molecular formula is C30H32Cl2N2O3. The number of carbonyl (C=O) groups is 2. The second-order valence-corrected chi connectivity index (χ2v) is 10.3. The van der Waals surface area contributed by atoms with Gasteiger partial charge in [-0.25, -0.2) is 0 Å². The lowest BCUT2D eigenvalue weighted by Gasteiger charge is -2.32. The number of ether oxygens (including phenoxy) is 1. The van der Waals surface area contributed by atoms with Crippen LogP contribution in [0.3, 0.4) is 0 Å². The van der Waals surface area contributed by atoms with Crippen LogP contribution in [0.25, 0.3) is 0 Å². The van der Waals surface area contributed by atoms with Crippen molar-refractivity contribution in [3.8, 4) is 5.75 Å². The molecule has 194 valence electrons. The van der Waals surface area contributed by atoms with Crippen molar-refractivity contribution in [2.24, 2.45) is 0 Å². The molecule has 0 spiro atoms. The van der Waals surface area contributed by atoms with Gasteiger partial charge in [0.15, 0.2) is 0 Å². The van der Waals surface area contributed by atoms with Gasteiger partial charge in [0.05, 0.1) is 23.6 Å². The highest BCUT2D eigenvalue weighted by Crippen LogP contribution is 2.25. The highest BCUT2D eigenvalue weighted by molar-refractivity contribution is 6.42. The van der Waals surface area contributed by atoms with E-state index in [1.165, 1.54) is 0 Å². The van der Waals surface area contributed by atoms with Crippen LogP contribution in [0.2, 0.25) is 10.0 Å². The maximum Gasteiger partial charge on any atom is 0.243 e. The summed E-state index contributed by atoms with van der Waals surface area (Å²) in [4.78, 5) is 29.3.